The van der Waals surface area contributed by atoms with E-state index in [0.717, 1.165) is 6.92 Å². The second kappa shape index (κ2) is 70.4. The Bertz CT molecular complexity index is 103. The predicted octanol–water partition coefficient (Wildman–Crippen LogP) is -1.90. The Morgan fingerprint density at radius 3 is 1.13 bits per heavy atom. The van der Waals surface area contributed by atoms with E-state index < -0.39 is 5.97 Å². The molecule has 0 atom stereocenters. The van der Waals surface area contributed by atoms with Gasteiger partial charge >= 0.3 is 27.9 Å². The van der Waals surface area contributed by atoms with Crippen LogP contribution in [0.15, 0.2) is 0 Å². The molecule has 0 heterocycles. The first-order valence-corrected chi connectivity index (χ1v) is 4.83. The van der Waals surface area contributed by atoms with Crippen LogP contribution < -0.4 is 22.4 Å². The maximum atomic E-state index is 9.44. The summed E-state index contributed by atoms with van der Waals surface area (Å²) in [5.74, 6) is -0.667. The molecule has 0 rings (SSSR count). The van der Waals surface area contributed by atoms with E-state index in [-0.39, 0.29) is 48.5 Å². The summed E-state index contributed by atoms with van der Waals surface area (Å²) < 4.78 is 6.32. The summed E-state index contributed by atoms with van der Waals surface area (Å²) in [7, 11) is 0. The van der Waals surface area contributed by atoms with Crippen LogP contribution in [0.2, 0.25) is 0 Å². The zero-order valence-corrected chi connectivity index (χ0v) is 10.1. The molecule has 0 aromatic rings. The number of hydrogen-bond acceptors (Lipinski definition) is 4. The number of ketones is 1. The van der Waals surface area contributed by atoms with E-state index in [1.807, 2.05) is 4.93 Å². The molecule has 3 N–H and O–H groups in total. The number of carbonyl (C=O) groups is 2. The average molecular weight is 345 g/mol. The van der Waals surface area contributed by atoms with Crippen LogP contribution in [0, 0.1) is 9.93 Å². The van der Waals surface area contributed by atoms with Crippen molar-refractivity contribution in [1.82, 2.24) is 0 Å². The van der Waals surface area contributed by atoms with E-state index in [9.17, 15) is 4.79 Å². The normalized spacial score (nSPS) is 5.20. The van der Waals surface area contributed by atoms with Gasteiger partial charge in [-0.1, -0.05) is 14.9 Å². The first-order chi connectivity index (χ1) is 5.88. The molecule has 0 aromatic carbocycles. The molecule has 0 saturated heterocycles. The molecular weight excluding hydrogens is 319 g/mol. The molecule has 100 valence electrons. The monoisotopic (exact) mass is 345 g/mol. The molecular formula is C8H24IO6-. The van der Waals surface area contributed by atoms with Gasteiger partial charge in [-0.3, -0.25) is 4.79 Å². The van der Waals surface area contributed by atoms with Crippen molar-refractivity contribution in [2.45, 2.75) is 35.6 Å². The molecule has 0 aliphatic rings. The standard InChI is InChI=1S/C3H6O.C2H4O2.CH4I.2CH4.O2.H2O/c1-3(2)4;1-2(3)4;1-2;;;1-2;/h1-2H3;1H3,(H,3,4);2H,1H3;2*1H4;;1H2/q;;-1;;;;/i;;2T;;;;. The molecule has 0 radical (unpaired) electrons. The molecule has 0 bridgehead atoms. The summed E-state index contributed by atoms with van der Waals surface area (Å²) in [6, 6.07) is 0. The van der Waals surface area contributed by atoms with Crippen LogP contribution in [-0.4, -0.2) is 27.9 Å². The first-order valence-electron chi connectivity index (χ1n) is 3.05. The third-order valence-corrected chi connectivity index (χ3v) is 0. The number of carboxylic acids is 1. The van der Waals surface area contributed by atoms with Crippen molar-refractivity contribution in [2.75, 3.05) is 4.93 Å². The van der Waals surface area contributed by atoms with Crippen LogP contribution in [-0.2, 0) is 9.59 Å². The number of carboxylic acid groups (broad SMARTS) is 1. The van der Waals surface area contributed by atoms with Gasteiger partial charge in [0.05, 0.1) is 0 Å². The second-order valence-corrected chi connectivity index (χ2v) is 1.43. The van der Waals surface area contributed by atoms with Crippen molar-refractivity contribution < 1.29 is 42.6 Å². The van der Waals surface area contributed by atoms with E-state index in [2.05, 4.69) is 0 Å². The zero-order chi connectivity index (χ0) is 11.9. The van der Waals surface area contributed by atoms with Gasteiger partial charge in [0.25, 0.3) is 5.97 Å². The molecule has 0 amide bonds. The number of rotatable bonds is 0. The van der Waals surface area contributed by atoms with Gasteiger partial charge in [0.1, 0.15) is 5.78 Å². The van der Waals surface area contributed by atoms with E-state index >= 15 is 0 Å². The Morgan fingerprint density at radius 1 is 1.13 bits per heavy atom. The fourth-order valence-electron chi connectivity index (χ4n) is 0. The summed E-state index contributed by atoms with van der Waals surface area (Å²) in [6.07, 6.45) is 0. The van der Waals surface area contributed by atoms with Crippen molar-refractivity contribution in [3.8, 4) is 0 Å². The third-order valence-electron chi connectivity index (χ3n) is 0. The van der Waals surface area contributed by atoms with Crippen molar-refractivity contribution in [3.05, 3.63) is 9.93 Å². The minimum atomic E-state index is -0.833. The van der Waals surface area contributed by atoms with Crippen LogP contribution >= 0.6 is 0 Å². The summed E-state index contributed by atoms with van der Waals surface area (Å²) >= 11 is -0.160. The van der Waals surface area contributed by atoms with Gasteiger partial charge in [0.2, 0.25) is 0 Å². The van der Waals surface area contributed by atoms with Gasteiger partial charge in [-0.05, 0) is 13.8 Å². The first kappa shape index (κ1) is 36.6. The Morgan fingerprint density at radius 2 is 1.13 bits per heavy atom. The second-order valence-electron chi connectivity index (χ2n) is 1.43. The molecule has 0 unspecified atom stereocenters. The molecule has 0 aromatic heterocycles. The molecule has 15 heavy (non-hydrogen) atoms. The Hall–Kier alpha value is -0.570. The molecule has 6 nitrogen and oxygen atoms in total. The van der Waals surface area contributed by atoms with E-state index in [1.54, 1.807) is 0 Å². The van der Waals surface area contributed by atoms with Gasteiger partial charge in [0, 0.05) is 16.9 Å². The zero-order valence-electron chi connectivity index (χ0n) is 8.96. The maximum absolute atomic E-state index is 9.44. The van der Waals surface area contributed by atoms with Crippen molar-refractivity contribution >= 4 is 11.8 Å². The summed E-state index contributed by atoms with van der Waals surface area (Å²) in [6.45, 7) is 4.14. The van der Waals surface area contributed by atoms with Gasteiger partial charge in [-0.15, -0.1) is 0 Å². The molecule has 0 fully saturated rings. The predicted molar refractivity (Wildman–Crippen MR) is 60.8 cm³/mol. The van der Waals surface area contributed by atoms with Crippen LogP contribution in [0.5, 0.6) is 0 Å². The Kier molecular flexibility index (Phi) is 172. The van der Waals surface area contributed by atoms with Gasteiger partial charge < -0.3 is 15.4 Å². The molecule has 0 aliphatic heterocycles. The number of hydrogen-bond donors (Lipinski definition) is 1. The average Bonchev–Trinajstić information content (AvgIpc) is 1.89. The SMILES string of the molecule is C.C.CC(=O)O.CC(C)=O.O.O=O.[3H][I-]C. The van der Waals surface area contributed by atoms with Gasteiger partial charge in [0.15, 0.2) is 0 Å². The topological polar surface area (TPSA) is 120 Å². The van der Waals surface area contributed by atoms with Crippen LogP contribution in [0.3, 0.4) is 0 Å². The Balaban J connectivity index is -0.0000000131. The number of carbonyl (C=O) groups excluding carboxylic acids is 1. The summed E-state index contributed by atoms with van der Waals surface area (Å²) in [5, 5.41) is 7.42. The Labute approximate surface area is 106 Å². The van der Waals surface area contributed by atoms with Gasteiger partial charge in [-0.2, -0.15) is 0 Å². The molecule has 0 aliphatic carbocycles. The van der Waals surface area contributed by atoms with E-state index in [1.165, 1.54) is 13.8 Å². The molecule has 0 saturated carbocycles. The molecule has 0 spiro atoms. The fourth-order valence-corrected chi connectivity index (χ4v) is 0. The van der Waals surface area contributed by atoms with Crippen molar-refractivity contribution in [3.63, 3.8) is 0 Å². The van der Waals surface area contributed by atoms with Crippen LogP contribution in [0.25, 0.3) is 0 Å². The van der Waals surface area contributed by atoms with Crippen molar-refractivity contribution in [2.24, 2.45) is 0 Å². The third kappa shape index (κ3) is 5400. The number of aliphatic carboxylic acids is 1. The van der Waals surface area contributed by atoms with E-state index in [0.29, 0.717) is 0 Å². The van der Waals surface area contributed by atoms with E-state index in [4.69, 9.17) is 20.4 Å². The fraction of sp³-hybridized carbons (Fsp3) is 0.750. The quantitative estimate of drug-likeness (QED) is 0.406. The summed E-state index contributed by atoms with van der Waals surface area (Å²) in [5.41, 5.74) is 0. The van der Waals surface area contributed by atoms with Crippen molar-refractivity contribution in [1.29, 1.82) is 0.594 Å². The minimum absolute atomic E-state index is 0. The van der Waals surface area contributed by atoms with Crippen LogP contribution in [0.1, 0.15) is 35.6 Å². The number of halogens is 1. The molecule has 7 heteroatoms. The van der Waals surface area contributed by atoms with Gasteiger partial charge in [-0.25, -0.2) is 0 Å². The number of alkyl halides is 1. The summed E-state index contributed by atoms with van der Waals surface area (Å²) in [4.78, 5) is 34.3. The number of Topliss-reactive ketones (excluding diaryl/α,β-unsaturated/α-hetero) is 1. The van der Waals surface area contributed by atoms with Crippen LogP contribution in [0.4, 0.5) is 0 Å².